The van der Waals surface area contributed by atoms with Crippen molar-refractivity contribution in [3.8, 4) is 0 Å². The summed E-state index contributed by atoms with van der Waals surface area (Å²) >= 11 is 0. The molecule has 2 rings (SSSR count). The lowest BCUT2D eigenvalue weighted by atomic mass is 10.1. The van der Waals surface area contributed by atoms with E-state index in [4.69, 9.17) is 5.11 Å². The molecule has 1 aliphatic rings. The highest BCUT2D eigenvalue weighted by molar-refractivity contribution is 5.69. The van der Waals surface area contributed by atoms with E-state index in [2.05, 4.69) is 9.88 Å². The van der Waals surface area contributed by atoms with E-state index in [1.165, 1.54) is 12.8 Å². The Labute approximate surface area is 108 Å². The van der Waals surface area contributed by atoms with Gasteiger partial charge in [-0.3, -0.25) is 14.7 Å². The van der Waals surface area contributed by atoms with E-state index in [1.54, 1.807) is 0 Å². The third-order valence-electron chi connectivity index (χ3n) is 3.54. The van der Waals surface area contributed by atoms with Gasteiger partial charge in [0.25, 0.3) is 0 Å². The zero-order valence-electron chi connectivity index (χ0n) is 10.8. The maximum Gasteiger partial charge on any atom is 0.317 e. The predicted molar refractivity (Wildman–Crippen MR) is 69.3 cm³/mol. The van der Waals surface area contributed by atoms with Crippen LogP contribution in [0.4, 0.5) is 0 Å². The maximum absolute atomic E-state index is 11.0. The average molecular weight is 248 g/mol. The largest absolute Gasteiger partial charge is 0.480 e. The van der Waals surface area contributed by atoms with Gasteiger partial charge in [-0.15, -0.1) is 0 Å². The number of carboxylic acids is 1. The summed E-state index contributed by atoms with van der Waals surface area (Å²) in [7, 11) is 0. The van der Waals surface area contributed by atoms with Gasteiger partial charge in [-0.25, -0.2) is 0 Å². The number of aromatic nitrogens is 1. The van der Waals surface area contributed by atoms with Gasteiger partial charge in [0.05, 0.1) is 6.54 Å². The molecule has 0 aliphatic heterocycles. The van der Waals surface area contributed by atoms with Gasteiger partial charge in [-0.05, 0) is 31.4 Å². The summed E-state index contributed by atoms with van der Waals surface area (Å²) in [5.41, 5.74) is 2.08. The number of aryl methyl sites for hydroxylation is 1. The van der Waals surface area contributed by atoms with Crippen LogP contribution in [0.1, 0.15) is 36.9 Å². The first-order valence-electron chi connectivity index (χ1n) is 6.52. The van der Waals surface area contributed by atoms with Gasteiger partial charge in [-0.1, -0.05) is 18.9 Å². The number of pyridine rings is 1. The Hall–Kier alpha value is -1.42. The number of rotatable bonds is 5. The van der Waals surface area contributed by atoms with Crippen LogP contribution in [0.2, 0.25) is 0 Å². The number of hydrogen-bond donors (Lipinski definition) is 1. The van der Waals surface area contributed by atoms with Crippen molar-refractivity contribution in [3.63, 3.8) is 0 Å². The van der Waals surface area contributed by atoms with E-state index in [9.17, 15) is 4.79 Å². The van der Waals surface area contributed by atoms with Gasteiger partial charge in [0.2, 0.25) is 0 Å². The lowest BCUT2D eigenvalue weighted by Crippen LogP contribution is -2.37. The quantitative estimate of drug-likeness (QED) is 0.868. The molecule has 98 valence electrons. The number of hydrogen-bond acceptors (Lipinski definition) is 3. The van der Waals surface area contributed by atoms with Crippen LogP contribution in [0.3, 0.4) is 0 Å². The molecule has 0 saturated heterocycles. The Morgan fingerprint density at radius 2 is 2.17 bits per heavy atom. The molecule has 0 bridgehead atoms. The first-order valence-corrected chi connectivity index (χ1v) is 6.52. The fraction of sp³-hybridized carbons (Fsp3) is 0.571. The van der Waals surface area contributed by atoms with Crippen molar-refractivity contribution in [1.29, 1.82) is 0 Å². The van der Waals surface area contributed by atoms with Crippen LogP contribution >= 0.6 is 0 Å². The van der Waals surface area contributed by atoms with Crippen molar-refractivity contribution in [2.75, 3.05) is 6.54 Å². The molecule has 4 heteroatoms. The molecule has 0 unspecified atom stereocenters. The molecule has 1 fully saturated rings. The van der Waals surface area contributed by atoms with E-state index in [0.717, 1.165) is 24.1 Å². The lowest BCUT2D eigenvalue weighted by molar-refractivity contribution is -0.139. The molecular weight excluding hydrogens is 228 g/mol. The van der Waals surface area contributed by atoms with E-state index in [0.29, 0.717) is 12.6 Å². The Bertz CT molecular complexity index is 397. The Morgan fingerprint density at radius 3 is 2.72 bits per heavy atom. The summed E-state index contributed by atoms with van der Waals surface area (Å²) in [5.74, 6) is -0.748. The molecule has 0 radical (unpaired) electrons. The highest BCUT2D eigenvalue weighted by Crippen LogP contribution is 2.24. The molecule has 1 aromatic rings. The van der Waals surface area contributed by atoms with Crippen molar-refractivity contribution in [1.82, 2.24) is 9.88 Å². The molecule has 18 heavy (non-hydrogen) atoms. The van der Waals surface area contributed by atoms with Crippen molar-refractivity contribution in [3.05, 3.63) is 29.6 Å². The van der Waals surface area contributed by atoms with Gasteiger partial charge >= 0.3 is 5.97 Å². The normalized spacial score (nSPS) is 16.3. The molecule has 1 N–H and O–H groups in total. The second-order valence-electron chi connectivity index (χ2n) is 5.04. The minimum Gasteiger partial charge on any atom is -0.480 e. The zero-order valence-corrected chi connectivity index (χ0v) is 10.8. The van der Waals surface area contributed by atoms with E-state index in [1.807, 2.05) is 25.3 Å². The summed E-state index contributed by atoms with van der Waals surface area (Å²) in [5, 5.41) is 9.01. The molecular formula is C14H20N2O2. The molecule has 1 saturated carbocycles. The van der Waals surface area contributed by atoms with Crippen molar-refractivity contribution in [2.45, 2.75) is 45.2 Å². The first-order chi connectivity index (χ1) is 8.65. The molecule has 1 aromatic heterocycles. The molecule has 0 spiro atoms. The molecule has 4 nitrogen and oxygen atoms in total. The number of nitrogens with zero attached hydrogens (tertiary/aromatic N) is 2. The summed E-state index contributed by atoms with van der Waals surface area (Å²) in [6.45, 7) is 2.76. The van der Waals surface area contributed by atoms with Crippen LogP contribution in [0, 0.1) is 6.92 Å². The highest BCUT2D eigenvalue weighted by atomic mass is 16.4. The third-order valence-corrected chi connectivity index (χ3v) is 3.54. The number of carbonyl (C=O) groups is 1. The fourth-order valence-electron chi connectivity index (χ4n) is 2.58. The molecule has 1 aliphatic carbocycles. The van der Waals surface area contributed by atoms with E-state index in [-0.39, 0.29) is 6.54 Å². The van der Waals surface area contributed by atoms with Crippen molar-refractivity contribution >= 4 is 5.97 Å². The van der Waals surface area contributed by atoms with E-state index >= 15 is 0 Å². The number of aliphatic carboxylic acids is 1. The van der Waals surface area contributed by atoms with Crippen molar-refractivity contribution in [2.24, 2.45) is 0 Å². The summed E-state index contributed by atoms with van der Waals surface area (Å²) < 4.78 is 0. The van der Waals surface area contributed by atoms with Crippen LogP contribution in [-0.4, -0.2) is 33.5 Å². The first kappa shape index (κ1) is 13.0. The standard InChI is InChI=1S/C14H20N2O2/c1-11-6-7-12(8-15-11)9-16(10-14(17)18)13-4-2-3-5-13/h6-8,13H,2-5,9-10H2,1H3,(H,17,18). The van der Waals surface area contributed by atoms with Crippen molar-refractivity contribution < 1.29 is 9.90 Å². The van der Waals surface area contributed by atoms with Crippen LogP contribution in [0.15, 0.2) is 18.3 Å². The summed E-state index contributed by atoms with van der Waals surface area (Å²) in [6, 6.07) is 4.43. The summed E-state index contributed by atoms with van der Waals surface area (Å²) in [6.07, 6.45) is 6.51. The van der Waals surface area contributed by atoms with Crippen LogP contribution in [0.5, 0.6) is 0 Å². The second-order valence-corrected chi connectivity index (χ2v) is 5.04. The maximum atomic E-state index is 11.0. The zero-order chi connectivity index (χ0) is 13.0. The topological polar surface area (TPSA) is 53.4 Å². The van der Waals surface area contributed by atoms with Gasteiger partial charge in [0.1, 0.15) is 0 Å². The average Bonchev–Trinajstić information content (AvgIpc) is 2.84. The SMILES string of the molecule is Cc1ccc(CN(CC(=O)O)C2CCCC2)cn1. The van der Waals surface area contributed by atoms with Gasteiger partial charge < -0.3 is 5.11 Å². The minimum atomic E-state index is -0.748. The Morgan fingerprint density at radius 1 is 1.44 bits per heavy atom. The fourth-order valence-corrected chi connectivity index (χ4v) is 2.58. The van der Waals surface area contributed by atoms with Crippen LogP contribution in [0.25, 0.3) is 0 Å². The Kier molecular flexibility index (Phi) is 4.31. The second kappa shape index (κ2) is 5.96. The van der Waals surface area contributed by atoms with Gasteiger partial charge in [-0.2, -0.15) is 0 Å². The monoisotopic (exact) mass is 248 g/mol. The lowest BCUT2D eigenvalue weighted by Gasteiger charge is -2.27. The third kappa shape index (κ3) is 3.53. The van der Waals surface area contributed by atoms with E-state index < -0.39 is 5.97 Å². The Balaban J connectivity index is 2.03. The molecule has 0 amide bonds. The van der Waals surface area contributed by atoms with Gasteiger partial charge in [0, 0.05) is 24.5 Å². The smallest absolute Gasteiger partial charge is 0.317 e. The number of carboxylic acid groups (broad SMARTS) is 1. The van der Waals surface area contributed by atoms with Crippen LogP contribution < -0.4 is 0 Å². The molecule has 0 atom stereocenters. The van der Waals surface area contributed by atoms with Crippen LogP contribution in [-0.2, 0) is 11.3 Å². The molecule has 0 aromatic carbocycles. The molecule has 1 heterocycles. The summed E-state index contributed by atoms with van der Waals surface area (Å²) in [4.78, 5) is 17.3. The highest BCUT2D eigenvalue weighted by Gasteiger charge is 2.24. The predicted octanol–water partition coefficient (Wildman–Crippen LogP) is 2.22. The minimum absolute atomic E-state index is 0.124. The van der Waals surface area contributed by atoms with Gasteiger partial charge in [0.15, 0.2) is 0 Å².